The standard InChI is InChI=1S/C10H14N2O.ClH/c1-7-3-4-9(5-8(7)2)12-10(13)6-11;/h3-5H,6,11H2,1-2H3,(H,12,13);1H. The Bertz CT molecular complexity index is 326. The van der Waals surface area contributed by atoms with E-state index in [2.05, 4.69) is 5.32 Å². The number of hydrogen-bond acceptors (Lipinski definition) is 2. The highest BCUT2D eigenvalue weighted by Gasteiger charge is 1.99. The molecular formula is C10H15ClN2O. The van der Waals surface area contributed by atoms with Gasteiger partial charge in [0.1, 0.15) is 0 Å². The second kappa shape index (κ2) is 5.62. The van der Waals surface area contributed by atoms with Crippen molar-refractivity contribution < 1.29 is 4.79 Å². The minimum absolute atomic E-state index is 0. The Morgan fingerprint density at radius 2 is 2.00 bits per heavy atom. The molecule has 1 amide bonds. The molecule has 3 N–H and O–H groups in total. The molecule has 1 rings (SSSR count). The van der Waals surface area contributed by atoms with Crippen molar-refractivity contribution in [3.05, 3.63) is 29.3 Å². The molecule has 0 heterocycles. The Hall–Kier alpha value is -1.06. The highest BCUT2D eigenvalue weighted by molar-refractivity contribution is 5.92. The predicted molar refractivity (Wildman–Crippen MR) is 60.8 cm³/mol. The molecule has 14 heavy (non-hydrogen) atoms. The lowest BCUT2D eigenvalue weighted by Gasteiger charge is -2.05. The monoisotopic (exact) mass is 214 g/mol. The van der Waals surface area contributed by atoms with Gasteiger partial charge in [-0.2, -0.15) is 0 Å². The topological polar surface area (TPSA) is 55.1 Å². The third kappa shape index (κ3) is 3.36. The Balaban J connectivity index is 0.00000169. The number of carbonyl (C=O) groups is 1. The Labute approximate surface area is 90.1 Å². The number of carbonyl (C=O) groups excluding carboxylic acids is 1. The first-order valence-electron chi connectivity index (χ1n) is 4.20. The maximum Gasteiger partial charge on any atom is 0.238 e. The van der Waals surface area contributed by atoms with E-state index in [9.17, 15) is 4.79 Å². The zero-order valence-electron chi connectivity index (χ0n) is 8.33. The third-order valence-corrected chi connectivity index (χ3v) is 1.98. The molecule has 0 aliphatic carbocycles. The van der Waals surface area contributed by atoms with E-state index in [1.807, 2.05) is 32.0 Å². The molecule has 3 nitrogen and oxygen atoms in total. The fraction of sp³-hybridized carbons (Fsp3) is 0.300. The highest BCUT2D eigenvalue weighted by Crippen LogP contribution is 2.13. The van der Waals surface area contributed by atoms with Crippen LogP contribution in [-0.2, 0) is 4.79 Å². The number of rotatable bonds is 2. The first-order valence-corrected chi connectivity index (χ1v) is 4.20. The molecule has 0 saturated heterocycles. The molecule has 0 bridgehead atoms. The van der Waals surface area contributed by atoms with Crippen LogP contribution in [0.5, 0.6) is 0 Å². The average molecular weight is 215 g/mol. The van der Waals surface area contributed by atoms with Crippen LogP contribution in [0.2, 0.25) is 0 Å². The smallest absolute Gasteiger partial charge is 0.238 e. The van der Waals surface area contributed by atoms with Gasteiger partial charge < -0.3 is 11.1 Å². The second-order valence-electron chi connectivity index (χ2n) is 3.05. The molecule has 78 valence electrons. The van der Waals surface area contributed by atoms with Crippen molar-refractivity contribution in [2.24, 2.45) is 5.73 Å². The molecule has 4 heteroatoms. The van der Waals surface area contributed by atoms with Crippen molar-refractivity contribution in [3.8, 4) is 0 Å². The molecule has 0 radical (unpaired) electrons. The second-order valence-corrected chi connectivity index (χ2v) is 3.05. The number of hydrogen-bond donors (Lipinski definition) is 2. The van der Waals surface area contributed by atoms with Crippen LogP contribution >= 0.6 is 12.4 Å². The van der Waals surface area contributed by atoms with Crippen molar-refractivity contribution in [2.45, 2.75) is 13.8 Å². The molecule has 1 aromatic rings. The quantitative estimate of drug-likeness (QED) is 0.786. The van der Waals surface area contributed by atoms with Crippen LogP contribution in [0.1, 0.15) is 11.1 Å². The zero-order valence-corrected chi connectivity index (χ0v) is 9.15. The molecule has 0 spiro atoms. The van der Waals surface area contributed by atoms with Gasteiger partial charge in [0.15, 0.2) is 0 Å². The van der Waals surface area contributed by atoms with Crippen LogP contribution in [0.25, 0.3) is 0 Å². The number of aryl methyl sites for hydroxylation is 2. The van der Waals surface area contributed by atoms with Gasteiger partial charge in [0.25, 0.3) is 0 Å². The van der Waals surface area contributed by atoms with E-state index < -0.39 is 0 Å². The summed E-state index contributed by atoms with van der Waals surface area (Å²) in [7, 11) is 0. The maximum absolute atomic E-state index is 10.9. The summed E-state index contributed by atoms with van der Waals surface area (Å²) < 4.78 is 0. The highest BCUT2D eigenvalue weighted by atomic mass is 35.5. The fourth-order valence-electron chi connectivity index (χ4n) is 1.03. The Morgan fingerprint density at radius 1 is 1.36 bits per heavy atom. The molecule has 0 unspecified atom stereocenters. The SMILES string of the molecule is Cc1ccc(NC(=O)CN)cc1C.Cl. The number of nitrogens with one attached hydrogen (secondary N) is 1. The number of anilines is 1. The summed E-state index contributed by atoms with van der Waals surface area (Å²) in [5, 5.41) is 2.70. The lowest BCUT2D eigenvalue weighted by molar-refractivity contribution is -0.114. The summed E-state index contributed by atoms with van der Waals surface area (Å²) >= 11 is 0. The van der Waals surface area contributed by atoms with Crippen LogP contribution in [0.15, 0.2) is 18.2 Å². The predicted octanol–water partition coefficient (Wildman–Crippen LogP) is 1.62. The molecule has 0 aliphatic rings. The first-order chi connectivity index (χ1) is 6.13. The normalized spacial score (nSPS) is 9.07. The van der Waals surface area contributed by atoms with Crippen LogP contribution in [-0.4, -0.2) is 12.5 Å². The third-order valence-electron chi connectivity index (χ3n) is 1.98. The maximum atomic E-state index is 10.9. The Kier molecular flexibility index (Phi) is 5.20. The lowest BCUT2D eigenvalue weighted by atomic mass is 10.1. The summed E-state index contributed by atoms with van der Waals surface area (Å²) in [4.78, 5) is 10.9. The molecule has 0 saturated carbocycles. The fourth-order valence-corrected chi connectivity index (χ4v) is 1.03. The number of nitrogens with two attached hydrogens (primary N) is 1. The number of benzene rings is 1. The molecular weight excluding hydrogens is 200 g/mol. The summed E-state index contributed by atoms with van der Waals surface area (Å²) in [6.45, 7) is 4.06. The zero-order chi connectivity index (χ0) is 9.84. The van der Waals surface area contributed by atoms with E-state index in [-0.39, 0.29) is 24.9 Å². The lowest BCUT2D eigenvalue weighted by Crippen LogP contribution is -2.21. The van der Waals surface area contributed by atoms with Crippen molar-refractivity contribution in [2.75, 3.05) is 11.9 Å². The molecule has 0 aromatic heterocycles. The van der Waals surface area contributed by atoms with Crippen LogP contribution in [0.3, 0.4) is 0 Å². The summed E-state index contributed by atoms with van der Waals surface area (Å²) in [6.07, 6.45) is 0. The van der Waals surface area contributed by atoms with E-state index in [4.69, 9.17) is 5.73 Å². The van der Waals surface area contributed by atoms with E-state index in [1.165, 1.54) is 5.56 Å². The summed E-state index contributed by atoms with van der Waals surface area (Å²) in [5.41, 5.74) is 8.36. The summed E-state index contributed by atoms with van der Waals surface area (Å²) in [6, 6.07) is 5.78. The van der Waals surface area contributed by atoms with Crippen LogP contribution in [0.4, 0.5) is 5.69 Å². The number of amides is 1. The van der Waals surface area contributed by atoms with Crippen molar-refractivity contribution in [1.29, 1.82) is 0 Å². The van der Waals surface area contributed by atoms with Crippen molar-refractivity contribution in [3.63, 3.8) is 0 Å². The minimum atomic E-state index is -0.164. The van der Waals surface area contributed by atoms with Crippen molar-refractivity contribution >= 4 is 24.0 Å². The van der Waals surface area contributed by atoms with E-state index in [0.29, 0.717) is 0 Å². The molecule has 0 fully saturated rings. The van der Waals surface area contributed by atoms with Crippen LogP contribution in [0, 0.1) is 13.8 Å². The molecule has 0 aliphatic heterocycles. The van der Waals surface area contributed by atoms with Gasteiger partial charge in [0.2, 0.25) is 5.91 Å². The van der Waals surface area contributed by atoms with Crippen molar-refractivity contribution in [1.82, 2.24) is 0 Å². The van der Waals surface area contributed by atoms with Gasteiger partial charge in [0, 0.05) is 5.69 Å². The van der Waals surface area contributed by atoms with Gasteiger partial charge in [-0.05, 0) is 37.1 Å². The number of halogens is 1. The molecule has 0 atom stereocenters. The van der Waals surface area contributed by atoms with Gasteiger partial charge in [0.05, 0.1) is 6.54 Å². The van der Waals surface area contributed by atoms with E-state index >= 15 is 0 Å². The van der Waals surface area contributed by atoms with Gasteiger partial charge >= 0.3 is 0 Å². The molecule has 1 aromatic carbocycles. The van der Waals surface area contributed by atoms with Gasteiger partial charge in [-0.25, -0.2) is 0 Å². The van der Waals surface area contributed by atoms with Gasteiger partial charge in [-0.3, -0.25) is 4.79 Å². The average Bonchev–Trinajstić information content (AvgIpc) is 2.11. The Morgan fingerprint density at radius 3 is 2.50 bits per heavy atom. The van der Waals surface area contributed by atoms with E-state index in [1.54, 1.807) is 0 Å². The van der Waals surface area contributed by atoms with Gasteiger partial charge in [-0.15, -0.1) is 12.4 Å². The largest absolute Gasteiger partial charge is 0.325 e. The van der Waals surface area contributed by atoms with Crippen LogP contribution < -0.4 is 11.1 Å². The van der Waals surface area contributed by atoms with E-state index in [0.717, 1.165) is 11.3 Å². The van der Waals surface area contributed by atoms with Gasteiger partial charge in [-0.1, -0.05) is 6.07 Å². The minimum Gasteiger partial charge on any atom is -0.325 e. The first kappa shape index (κ1) is 12.9. The summed E-state index contributed by atoms with van der Waals surface area (Å²) in [5.74, 6) is -0.164.